The molecule has 1 amide bonds. The lowest BCUT2D eigenvalue weighted by Crippen LogP contribution is -2.56. The molecule has 1 heterocycles. The molecule has 7 heteroatoms. The molecular formula is C31H37N3O4. The van der Waals surface area contributed by atoms with E-state index in [1.165, 1.54) is 5.56 Å². The molecule has 1 aliphatic heterocycles. The third kappa shape index (κ3) is 7.21. The van der Waals surface area contributed by atoms with Crippen molar-refractivity contribution in [2.24, 2.45) is 4.99 Å². The average molecular weight is 516 g/mol. The number of hydrogen-bond donors (Lipinski definition) is 3. The number of aliphatic hydroxyl groups excluding tert-OH is 1. The summed E-state index contributed by atoms with van der Waals surface area (Å²) in [4.78, 5) is 18.5. The quantitative estimate of drug-likeness (QED) is 0.221. The second-order valence-corrected chi connectivity index (χ2v) is 9.54. The molecule has 38 heavy (non-hydrogen) atoms. The van der Waals surface area contributed by atoms with Gasteiger partial charge in [0.1, 0.15) is 11.9 Å². The molecular weight excluding hydrogens is 478 g/mol. The van der Waals surface area contributed by atoms with Crippen LogP contribution in [0.4, 0.5) is 0 Å². The van der Waals surface area contributed by atoms with Gasteiger partial charge >= 0.3 is 0 Å². The molecule has 0 aromatic heterocycles. The van der Waals surface area contributed by atoms with Crippen LogP contribution in [0.15, 0.2) is 89.9 Å². The zero-order chi connectivity index (χ0) is 26.6. The lowest BCUT2D eigenvalue weighted by atomic mass is 9.86. The van der Waals surface area contributed by atoms with E-state index in [0.29, 0.717) is 37.6 Å². The van der Waals surface area contributed by atoms with Crippen LogP contribution < -0.4 is 15.6 Å². The summed E-state index contributed by atoms with van der Waals surface area (Å²) >= 11 is 0. The van der Waals surface area contributed by atoms with E-state index in [-0.39, 0.29) is 12.5 Å². The topological polar surface area (TPSA) is 92.2 Å². The zero-order valence-electron chi connectivity index (χ0n) is 21.9. The Morgan fingerprint density at radius 2 is 1.63 bits per heavy atom. The van der Waals surface area contributed by atoms with E-state index < -0.39 is 11.6 Å². The molecule has 0 bridgehead atoms. The number of aryl methyl sites for hydroxylation is 1. The van der Waals surface area contributed by atoms with Gasteiger partial charge in [-0.1, -0.05) is 60.7 Å². The van der Waals surface area contributed by atoms with Crippen LogP contribution in [-0.4, -0.2) is 48.3 Å². The van der Waals surface area contributed by atoms with Gasteiger partial charge < -0.3 is 14.6 Å². The highest BCUT2D eigenvalue weighted by molar-refractivity contribution is 6.00. The van der Waals surface area contributed by atoms with Crippen molar-refractivity contribution in [2.45, 2.75) is 50.7 Å². The number of aliphatic hydroxyl groups is 1. The fourth-order valence-electron chi connectivity index (χ4n) is 4.49. The summed E-state index contributed by atoms with van der Waals surface area (Å²) in [5, 5.41) is 8.94. The molecule has 3 aromatic carbocycles. The number of unbranched alkanes of at least 4 members (excludes halogenated alkanes) is 1. The lowest BCUT2D eigenvalue weighted by molar-refractivity contribution is -0.129. The maximum Gasteiger partial charge on any atom is 0.266 e. The standard InChI is InChI=1S/C31H37N3O4/c1-24-31(23-26-14-6-3-7-15-26,30(36)34-32-20-9-8-13-25-11-4-2-5-12-25)33-29(38-24)27-16-18-28(19-17-27)37-22-10-21-35/h2-7,11-12,14-19,24,32,35H,8-10,13,20-23H2,1H3,(H,34,36)/t24-,31-/m0/s1. The van der Waals surface area contributed by atoms with Gasteiger partial charge in [-0.3, -0.25) is 10.2 Å². The van der Waals surface area contributed by atoms with Crippen LogP contribution in [0.2, 0.25) is 0 Å². The van der Waals surface area contributed by atoms with Crippen molar-refractivity contribution in [1.82, 2.24) is 10.9 Å². The van der Waals surface area contributed by atoms with Crippen molar-refractivity contribution in [1.29, 1.82) is 0 Å². The monoisotopic (exact) mass is 515 g/mol. The molecule has 7 nitrogen and oxygen atoms in total. The van der Waals surface area contributed by atoms with E-state index in [1.807, 2.05) is 67.6 Å². The highest BCUT2D eigenvalue weighted by Gasteiger charge is 2.50. The number of nitrogens with zero attached hydrogens (tertiary/aromatic N) is 1. The first-order valence-electron chi connectivity index (χ1n) is 13.3. The molecule has 0 saturated heterocycles. The van der Waals surface area contributed by atoms with Crippen molar-refractivity contribution < 1.29 is 19.4 Å². The SMILES string of the molecule is C[C@@H]1OC(c2ccc(OCCCO)cc2)=N[C@]1(Cc1ccccc1)C(=O)NNCCCCc1ccccc1. The molecule has 0 radical (unpaired) electrons. The number of benzene rings is 3. The first kappa shape index (κ1) is 27.4. The third-order valence-corrected chi connectivity index (χ3v) is 6.71. The minimum absolute atomic E-state index is 0.0920. The third-order valence-electron chi connectivity index (χ3n) is 6.71. The Labute approximate surface area is 224 Å². The summed E-state index contributed by atoms with van der Waals surface area (Å²) in [5.41, 5.74) is 8.02. The molecule has 1 aliphatic rings. The van der Waals surface area contributed by atoms with Crippen molar-refractivity contribution in [3.05, 3.63) is 102 Å². The highest BCUT2D eigenvalue weighted by atomic mass is 16.5. The number of amides is 1. The lowest BCUT2D eigenvalue weighted by Gasteiger charge is -2.28. The molecule has 0 spiro atoms. The van der Waals surface area contributed by atoms with E-state index in [2.05, 4.69) is 35.1 Å². The fourth-order valence-corrected chi connectivity index (χ4v) is 4.49. The van der Waals surface area contributed by atoms with E-state index in [1.54, 1.807) is 0 Å². The number of nitrogens with one attached hydrogen (secondary N) is 2. The Hall–Kier alpha value is -3.68. The second kappa shape index (κ2) is 13.7. The van der Waals surface area contributed by atoms with Crippen LogP contribution in [0.25, 0.3) is 0 Å². The van der Waals surface area contributed by atoms with Crippen LogP contribution in [0, 0.1) is 0 Å². The largest absolute Gasteiger partial charge is 0.494 e. The van der Waals surface area contributed by atoms with Gasteiger partial charge in [-0.2, -0.15) is 0 Å². The predicted octanol–water partition coefficient (Wildman–Crippen LogP) is 4.24. The molecule has 3 aromatic rings. The Balaban J connectivity index is 1.42. The number of aliphatic imine (C=N–C) groups is 1. The van der Waals surface area contributed by atoms with Gasteiger partial charge in [0.05, 0.1) is 6.61 Å². The molecule has 2 atom stereocenters. The number of hydrazine groups is 1. The summed E-state index contributed by atoms with van der Waals surface area (Å²) in [5.74, 6) is 0.933. The number of carbonyl (C=O) groups is 1. The molecule has 3 N–H and O–H groups in total. The Morgan fingerprint density at radius 3 is 2.32 bits per heavy atom. The Bertz CT molecular complexity index is 1170. The molecule has 0 aliphatic carbocycles. The normalized spacial score (nSPS) is 18.5. The average Bonchev–Trinajstić information content (AvgIpc) is 3.28. The minimum atomic E-state index is -1.11. The van der Waals surface area contributed by atoms with Crippen LogP contribution in [0.1, 0.15) is 42.9 Å². The van der Waals surface area contributed by atoms with Gasteiger partial charge in [0.25, 0.3) is 5.91 Å². The van der Waals surface area contributed by atoms with E-state index >= 15 is 0 Å². The fraction of sp³-hybridized carbons (Fsp3) is 0.355. The van der Waals surface area contributed by atoms with Crippen molar-refractivity contribution in [3.63, 3.8) is 0 Å². The predicted molar refractivity (Wildman–Crippen MR) is 149 cm³/mol. The van der Waals surface area contributed by atoms with Gasteiger partial charge in [0, 0.05) is 31.6 Å². The maximum absolute atomic E-state index is 13.6. The molecule has 0 saturated carbocycles. The van der Waals surface area contributed by atoms with Crippen molar-refractivity contribution >= 4 is 11.8 Å². The summed E-state index contributed by atoms with van der Waals surface area (Å²) in [6.07, 6.45) is 3.52. The summed E-state index contributed by atoms with van der Waals surface area (Å²) in [6, 6.07) is 27.8. The van der Waals surface area contributed by atoms with Gasteiger partial charge in [0.15, 0.2) is 5.54 Å². The van der Waals surface area contributed by atoms with Crippen molar-refractivity contribution in [2.75, 3.05) is 19.8 Å². The van der Waals surface area contributed by atoms with E-state index in [4.69, 9.17) is 19.6 Å². The number of carbonyl (C=O) groups excluding carboxylic acids is 1. The van der Waals surface area contributed by atoms with Gasteiger partial charge in [0.2, 0.25) is 5.90 Å². The first-order valence-corrected chi connectivity index (χ1v) is 13.3. The molecule has 200 valence electrons. The van der Waals surface area contributed by atoms with Crippen LogP contribution in [0.3, 0.4) is 0 Å². The summed E-state index contributed by atoms with van der Waals surface area (Å²) < 4.78 is 11.8. The maximum atomic E-state index is 13.6. The highest BCUT2D eigenvalue weighted by Crippen LogP contribution is 2.32. The van der Waals surface area contributed by atoms with Crippen LogP contribution in [-0.2, 0) is 22.4 Å². The molecule has 0 unspecified atom stereocenters. The van der Waals surface area contributed by atoms with Gasteiger partial charge in [-0.25, -0.2) is 10.4 Å². The first-order chi connectivity index (χ1) is 18.6. The Kier molecular flexibility index (Phi) is 9.90. The minimum Gasteiger partial charge on any atom is -0.494 e. The number of hydrogen-bond acceptors (Lipinski definition) is 6. The second-order valence-electron chi connectivity index (χ2n) is 9.54. The van der Waals surface area contributed by atoms with E-state index in [9.17, 15) is 4.79 Å². The number of ether oxygens (including phenoxy) is 2. The molecule has 4 rings (SSSR count). The van der Waals surface area contributed by atoms with Gasteiger partial charge in [-0.05, 0) is 61.6 Å². The molecule has 0 fully saturated rings. The summed E-state index contributed by atoms with van der Waals surface area (Å²) in [6.45, 7) is 3.10. The van der Waals surface area contributed by atoms with Crippen LogP contribution >= 0.6 is 0 Å². The Morgan fingerprint density at radius 1 is 0.947 bits per heavy atom. The number of rotatable bonds is 14. The van der Waals surface area contributed by atoms with Crippen LogP contribution in [0.5, 0.6) is 5.75 Å². The smallest absolute Gasteiger partial charge is 0.266 e. The summed E-state index contributed by atoms with van der Waals surface area (Å²) in [7, 11) is 0. The zero-order valence-corrected chi connectivity index (χ0v) is 21.9. The van der Waals surface area contributed by atoms with Crippen molar-refractivity contribution in [3.8, 4) is 5.75 Å². The van der Waals surface area contributed by atoms with E-state index in [0.717, 1.165) is 30.4 Å². The van der Waals surface area contributed by atoms with Gasteiger partial charge in [-0.15, -0.1) is 0 Å².